The normalized spacial score (nSPS) is 16.2. The summed E-state index contributed by atoms with van der Waals surface area (Å²) in [6, 6.07) is 10.3. The van der Waals surface area contributed by atoms with E-state index in [4.69, 9.17) is 21.7 Å². The summed E-state index contributed by atoms with van der Waals surface area (Å²) in [5.74, 6) is -0.00318. The van der Waals surface area contributed by atoms with Crippen LogP contribution in [0.5, 0.6) is 5.75 Å². The Morgan fingerprint density at radius 3 is 2.93 bits per heavy atom. The second-order valence-electron chi connectivity index (χ2n) is 5.92. The number of nitrogens with zero attached hydrogens (tertiary/aromatic N) is 2. The van der Waals surface area contributed by atoms with Crippen LogP contribution >= 0.6 is 12.2 Å². The number of thiocarbonyl (C=S) groups is 1. The highest BCUT2D eigenvalue weighted by Crippen LogP contribution is 2.13. The monoisotopic (exact) mass is 384 g/mol. The van der Waals surface area contributed by atoms with Crippen LogP contribution in [0.1, 0.15) is 28.8 Å². The van der Waals surface area contributed by atoms with Gasteiger partial charge in [0.05, 0.1) is 17.9 Å². The van der Waals surface area contributed by atoms with Crippen molar-refractivity contribution in [2.75, 3.05) is 13.2 Å². The summed E-state index contributed by atoms with van der Waals surface area (Å²) in [5, 5.41) is 7.61. The Hall–Kier alpha value is -2.84. The molecule has 1 atom stereocenters. The largest absolute Gasteiger partial charge is 0.423 e. The first-order valence-corrected chi connectivity index (χ1v) is 9.02. The van der Waals surface area contributed by atoms with Crippen LogP contribution in [0.2, 0.25) is 0 Å². The van der Waals surface area contributed by atoms with Gasteiger partial charge in [0, 0.05) is 25.5 Å². The fourth-order valence-corrected chi connectivity index (χ4v) is 2.62. The third-order valence-electron chi connectivity index (χ3n) is 3.88. The van der Waals surface area contributed by atoms with Gasteiger partial charge in [-0.25, -0.2) is 4.79 Å². The topological polar surface area (TPSA) is 84.8 Å². The molecule has 3 rings (SSSR count). The molecule has 1 aliphatic rings. The maximum absolute atomic E-state index is 12.0. The number of hydrogen-bond donors (Lipinski definition) is 2. The molecule has 2 heterocycles. The Balaban J connectivity index is 1.43. The lowest BCUT2D eigenvalue weighted by Crippen LogP contribution is -2.37. The molecule has 1 saturated heterocycles. The molecule has 1 aromatic carbocycles. The van der Waals surface area contributed by atoms with Crippen LogP contribution in [-0.2, 0) is 4.74 Å². The number of ether oxygens (including phenoxy) is 2. The van der Waals surface area contributed by atoms with E-state index in [-0.39, 0.29) is 6.10 Å². The quantitative estimate of drug-likeness (QED) is 0.260. The van der Waals surface area contributed by atoms with Crippen molar-refractivity contribution in [1.29, 1.82) is 0 Å². The molecule has 2 N–H and O–H groups in total. The van der Waals surface area contributed by atoms with Gasteiger partial charge in [0.1, 0.15) is 5.75 Å². The lowest BCUT2D eigenvalue weighted by atomic mass is 10.2. The Labute approximate surface area is 162 Å². The van der Waals surface area contributed by atoms with Crippen molar-refractivity contribution in [3.63, 3.8) is 0 Å². The summed E-state index contributed by atoms with van der Waals surface area (Å²) < 4.78 is 10.8. The zero-order valence-electron chi connectivity index (χ0n) is 14.6. The molecule has 140 valence electrons. The molecule has 1 aromatic heterocycles. The van der Waals surface area contributed by atoms with Crippen LogP contribution in [0.15, 0.2) is 53.9 Å². The lowest BCUT2D eigenvalue weighted by molar-refractivity contribution is 0.0734. The maximum Gasteiger partial charge on any atom is 0.345 e. The third-order valence-corrected chi connectivity index (χ3v) is 4.12. The minimum Gasteiger partial charge on any atom is -0.423 e. The van der Waals surface area contributed by atoms with Gasteiger partial charge in [-0.2, -0.15) is 5.10 Å². The van der Waals surface area contributed by atoms with Crippen molar-refractivity contribution >= 4 is 29.5 Å². The molecule has 1 fully saturated rings. The molecular weight excluding hydrogens is 364 g/mol. The predicted octanol–water partition coefficient (Wildman–Crippen LogP) is 2.28. The molecule has 0 saturated carbocycles. The van der Waals surface area contributed by atoms with Crippen molar-refractivity contribution in [1.82, 2.24) is 15.7 Å². The van der Waals surface area contributed by atoms with Crippen molar-refractivity contribution < 1.29 is 14.3 Å². The summed E-state index contributed by atoms with van der Waals surface area (Å²) in [5.41, 5.74) is 4.00. The van der Waals surface area contributed by atoms with Gasteiger partial charge >= 0.3 is 5.97 Å². The minimum absolute atomic E-state index is 0.218. The van der Waals surface area contributed by atoms with Crippen molar-refractivity contribution in [3.8, 4) is 5.75 Å². The zero-order valence-corrected chi connectivity index (χ0v) is 15.4. The van der Waals surface area contributed by atoms with Gasteiger partial charge in [-0.3, -0.25) is 10.4 Å². The number of rotatable bonds is 6. The van der Waals surface area contributed by atoms with Crippen LogP contribution in [-0.4, -0.2) is 41.5 Å². The highest BCUT2D eigenvalue weighted by Gasteiger charge is 2.15. The van der Waals surface area contributed by atoms with Crippen LogP contribution in [0, 0.1) is 0 Å². The summed E-state index contributed by atoms with van der Waals surface area (Å²) in [7, 11) is 0. The first-order chi connectivity index (χ1) is 13.2. The minimum atomic E-state index is -0.450. The average molecular weight is 384 g/mol. The third kappa shape index (κ3) is 6.12. The molecule has 0 spiro atoms. The Morgan fingerprint density at radius 1 is 1.37 bits per heavy atom. The molecule has 8 heteroatoms. The van der Waals surface area contributed by atoms with Gasteiger partial charge < -0.3 is 14.8 Å². The van der Waals surface area contributed by atoms with E-state index < -0.39 is 5.97 Å². The van der Waals surface area contributed by atoms with Gasteiger partial charge in [0.2, 0.25) is 0 Å². The molecule has 0 unspecified atom stereocenters. The van der Waals surface area contributed by atoms with Gasteiger partial charge in [-0.15, -0.1) is 0 Å². The van der Waals surface area contributed by atoms with E-state index in [1.54, 1.807) is 48.8 Å². The van der Waals surface area contributed by atoms with E-state index in [2.05, 4.69) is 20.8 Å². The maximum atomic E-state index is 12.0. The first kappa shape index (κ1) is 18.9. The Morgan fingerprint density at radius 2 is 2.22 bits per heavy atom. The van der Waals surface area contributed by atoms with E-state index in [0.717, 1.165) is 25.0 Å². The average Bonchev–Trinajstić information content (AvgIpc) is 3.22. The van der Waals surface area contributed by atoms with Crippen LogP contribution in [0.3, 0.4) is 0 Å². The van der Waals surface area contributed by atoms with E-state index in [1.807, 2.05) is 0 Å². The number of pyridine rings is 1. The fourth-order valence-electron chi connectivity index (χ4n) is 2.49. The molecular formula is C19H20N4O3S. The van der Waals surface area contributed by atoms with Gasteiger partial charge in [0.15, 0.2) is 5.11 Å². The molecule has 0 radical (unpaired) electrons. The summed E-state index contributed by atoms with van der Waals surface area (Å²) in [6.45, 7) is 1.50. The van der Waals surface area contributed by atoms with E-state index >= 15 is 0 Å². The van der Waals surface area contributed by atoms with Crippen LogP contribution in [0.25, 0.3) is 0 Å². The second kappa shape index (κ2) is 9.75. The number of hydrazone groups is 1. The summed E-state index contributed by atoms with van der Waals surface area (Å²) >= 11 is 5.16. The number of aromatic nitrogens is 1. The molecule has 0 amide bonds. The van der Waals surface area contributed by atoms with E-state index in [0.29, 0.717) is 23.0 Å². The zero-order chi connectivity index (χ0) is 18.9. The van der Waals surface area contributed by atoms with Crippen molar-refractivity contribution in [2.24, 2.45) is 5.10 Å². The van der Waals surface area contributed by atoms with E-state index in [9.17, 15) is 4.79 Å². The van der Waals surface area contributed by atoms with Gasteiger partial charge in [-0.1, -0.05) is 0 Å². The standard InChI is InChI=1S/C19H20N4O3S/c24-18(15-3-1-9-20-12-15)26-16-7-5-14(6-8-16)11-22-23-19(27)21-13-17-4-2-10-25-17/h1,3,5-9,11-12,17H,2,4,10,13H2,(H2,21,23,27)/b22-11-/t17-/m1/s1. The fraction of sp³-hybridized carbons (Fsp3) is 0.263. The summed E-state index contributed by atoms with van der Waals surface area (Å²) in [6.07, 6.45) is 7.06. The number of esters is 1. The Kier molecular flexibility index (Phi) is 6.84. The van der Waals surface area contributed by atoms with Gasteiger partial charge in [-0.05, 0) is 67.0 Å². The number of nitrogens with one attached hydrogen (secondary N) is 2. The predicted molar refractivity (Wildman–Crippen MR) is 106 cm³/mol. The molecule has 7 nitrogen and oxygen atoms in total. The van der Waals surface area contributed by atoms with Crippen LogP contribution in [0.4, 0.5) is 0 Å². The Bertz CT molecular complexity index is 790. The molecule has 1 aliphatic heterocycles. The number of benzene rings is 1. The lowest BCUT2D eigenvalue weighted by Gasteiger charge is -2.11. The highest BCUT2D eigenvalue weighted by atomic mass is 32.1. The molecule has 0 bridgehead atoms. The SMILES string of the molecule is O=C(Oc1ccc(/C=N\NC(=S)NC[C@H]2CCCO2)cc1)c1cccnc1. The second-order valence-corrected chi connectivity index (χ2v) is 6.32. The number of carbonyl (C=O) groups excluding carboxylic acids is 1. The number of carbonyl (C=O) groups is 1. The highest BCUT2D eigenvalue weighted by molar-refractivity contribution is 7.80. The number of hydrogen-bond acceptors (Lipinski definition) is 6. The molecule has 0 aliphatic carbocycles. The van der Waals surface area contributed by atoms with Crippen molar-refractivity contribution in [3.05, 3.63) is 59.9 Å². The van der Waals surface area contributed by atoms with Crippen LogP contribution < -0.4 is 15.5 Å². The van der Waals surface area contributed by atoms with Gasteiger partial charge in [0.25, 0.3) is 0 Å². The molecule has 2 aromatic rings. The van der Waals surface area contributed by atoms with Crippen molar-refractivity contribution in [2.45, 2.75) is 18.9 Å². The first-order valence-electron chi connectivity index (χ1n) is 8.61. The van der Waals surface area contributed by atoms with E-state index in [1.165, 1.54) is 6.20 Å². The summed E-state index contributed by atoms with van der Waals surface area (Å²) in [4.78, 5) is 15.9. The molecule has 27 heavy (non-hydrogen) atoms. The smallest absolute Gasteiger partial charge is 0.345 e.